The summed E-state index contributed by atoms with van der Waals surface area (Å²) >= 11 is 0. The van der Waals surface area contributed by atoms with Crippen LogP contribution in [0.3, 0.4) is 0 Å². The van der Waals surface area contributed by atoms with Crippen molar-refractivity contribution in [1.82, 2.24) is 15.1 Å². The monoisotopic (exact) mass is 279 g/mol. The molecule has 0 aromatic carbocycles. The van der Waals surface area contributed by atoms with Crippen molar-refractivity contribution in [3.8, 4) is 0 Å². The molecule has 112 valence electrons. The summed E-state index contributed by atoms with van der Waals surface area (Å²) in [7, 11) is 3.78. The Morgan fingerprint density at radius 3 is 2.20 bits per heavy atom. The van der Waals surface area contributed by atoms with Crippen molar-refractivity contribution in [2.45, 2.75) is 50.6 Å². The van der Waals surface area contributed by atoms with E-state index < -0.39 is 5.41 Å². The van der Waals surface area contributed by atoms with Crippen LogP contribution < -0.4 is 5.32 Å². The van der Waals surface area contributed by atoms with Crippen LogP contribution in [0.2, 0.25) is 0 Å². The Kier molecular flexibility index (Phi) is 3.48. The minimum atomic E-state index is -0.502. The fourth-order valence-electron chi connectivity index (χ4n) is 3.23. The molecule has 20 heavy (non-hydrogen) atoms. The third-order valence-corrected chi connectivity index (χ3v) is 5.09. The number of amides is 2. The second kappa shape index (κ2) is 5.02. The first-order valence-electron chi connectivity index (χ1n) is 7.77. The molecule has 3 aliphatic rings. The Bertz CT molecular complexity index is 409. The van der Waals surface area contributed by atoms with Crippen LogP contribution in [0.4, 0.5) is 0 Å². The summed E-state index contributed by atoms with van der Waals surface area (Å²) in [6, 6.07) is 0.835. The van der Waals surface area contributed by atoms with Gasteiger partial charge in [0.2, 0.25) is 11.8 Å². The fourth-order valence-corrected chi connectivity index (χ4v) is 3.23. The molecule has 1 N–H and O–H groups in total. The highest BCUT2D eigenvalue weighted by Gasteiger charge is 2.48. The van der Waals surface area contributed by atoms with E-state index in [0.717, 1.165) is 38.6 Å². The first kappa shape index (κ1) is 13.9. The Balaban J connectivity index is 1.69. The van der Waals surface area contributed by atoms with Crippen LogP contribution in [0, 0.1) is 5.41 Å². The van der Waals surface area contributed by atoms with E-state index in [1.165, 1.54) is 0 Å². The normalized spacial score (nSPS) is 29.3. The van der Waals surface area contributed by atoms with Gasteiger partial charge in [-0.3, -0.25) is 9.59 Å². The van der Waals surface area contributed by atoms with Crippen molar-refractivity contribution in [2.24, 2.45) is 5.41 Å². The van der Waals surface area contributed by atoms with Crippen LogP contribution in [0.5, 0.6) is 0 Å². The molecule has 2 saturated carbocycles. The topological polar surface area (TPSA) is 52.7 Å². The SMILES string of the molecule is CN(C(=O)CC1(C(=O)N(C)C2CC2)CCNC1)C1CC1. The van der Waals surface area contributed by atoms with Crippen LogP contribution >= 0.6 is 0 Å². The number of hydrogen-bond donors (Lipinski definition) is 1. The third-order valence-electron chi connectivity index (χ3n) is 5.09. The summed E-state index contributed by atoms with van der Waals surface area (Å²) in [4.78, 5) is 29.0. The zero-order valence-electron chi connectivity index (χ0n) is 12.5. The quantitative estimate of drug-likeness (QED) is 0.802. The van der Waals surface area contributed by atoms with E-state index in [2.05, 4.69) is 5.32 Å². The zero-order valence-corrected chi connectivity index (χ0v) is 12.5. The third kappa shape index (κ3) is 2.55. The van der Waals surface area contributed by atoms with Crippen molar-refractivity contribution >= 4 is 11.8 Å². The molecule has 0 spiro atoms. The molecule has 0 aromatic rings. The molecule has 3 fully saturated rings. The Labute approximate surface area is 120 Å². The highest BCUT2D eigenvalue weighted by atomic mass is 16.2. The van der Waals surface area contributed by atoms with E-state index in [1.807, 2.05) is 23.9 Å². The van der Waals surface area contributed by atoms with E-state index >= 15 is 0 Å². The van der Waals surface area contributed by atoms with Gasteiger partial charge in [0.15, 0.2) is 0 Å². The maximum atomic E-state index is 12.8. The van der Waals surface area contributed by atoms with E-state index in [4.69, 9.17) is 0 Å². The van der Waals surface area contributed by atoms with E-state index in [0.29, 0.717) is 25.0 Å². The lowest BCUT2D eigenvalue weighted by molar-refractivity contribution is -0.146. The van der Waals surface area contributed by atoms with Gasteiger partial charge in [0.05, 0.1) is 5.41 Å². The number of nitrogens with one attached hydrogen (secondary N) is 1. The fraction of sp³-hybridized carbons (Fsp3) is 0.867. The molecular formula is C15H25N3O2. The lowest BCUT2D eigenvalue weighted by atomic mass is 9.81. The molecule has 1 unspecified atom stereocenters. The first-order valence-corrected chi connectivity index (χ1v) is 7.77. The van der Waals surface area contributed by atoms with Crippen molar-refractivity contribution in [3.63, 3.8) is 0 Å². The predicted octanol–water partition coefficient (Wildman–Crippen LogP) is 0.598. The first-order chi connectivity index (χ1) is 9.53. The van der Waals surface area contributed by atoms with Crippen molar-refractivity contribution in [1.29, 1.82) is 0 Å². The number of carbonyl (C=O) groups is 2. The van der Waals surface area contributed by atoms with Crippen molar-refractivity contribution in [3.05, 3.63) is 0 Å². The molecule has 5 nitrogen and oxygen atoms in total. The van der Waals surface area contributed by atoms with Gasteiger partial charge in [0.25, 0.3) is 0 Å². The van der Waals surface area contributed by atoms with E-state index in [-0.39, 0.29) is 11.8 Å². The molecule has 0 radical (unpaired) electrons. The lowest BCUT2D eigenvalue weighted by Crippen LogP contribution is -2.47. The van der Waals surface area contributed by atoms with Gasteiger partial charge in [0.1, 0.15) is 0 Å². The highest BCUT2D eigenvalue weighted by Crippen LogP contribution is 2.37. The molecule has 1 atom stereocenters. The van der Waals surface area contributed by atoms with Gasteiger partial charge in [-0.25, -0.2) is 0 Å². The van der Waals surface area contributed by atoms with Crippen LogP contribution in [0.25, 0.3) is 0 Å². The van der Waals surface area contributed by atoms with Gasteiger partial charge in [-0.2, -0.15) is 0 Å². The highest BCUT2D eigenvalue weighted by molar-refractivity contribution is 5.90. The van der Waals surface area contributed by atoms with E-state index in [9.17, 15) is 9.59 Å². The minimum absolute atomic E-state index is 0.133. The molecule has 3 rings (SSSR count). The van der Waals surface area contributed by atoms with Crippen LogP contribution in [-0.2, 0) is 9.59 Å². The summed E-state index contributed by atoms with van der Waals surface area (Å²) in [6.07, 6.45) is 5.60. The van der Waals surface area contributed by atoms with Crippen molar-refractivity contribution < 1.29 is 9.59 Å². The molecule has 0 aromatic heterocycles. The largest absolute Gasteiger partial charge is 0.343 e. The maximum Gasteiger partial charge on any atom is 0.230 e. The van der Waals surface area contributed by atoms with Gasteiger partial charge in [-0.1, -0.05) is 0 Å². The summed E-state index contributed by atoms with van der Waals surface area (Å²) in [5, 5.41) is 3.28. The predicted molar refractivity (Wildman–Crippen MR) is 76.1 cm³/mol. The Morgan fingerprint density at radius 1 is 1.10 bits per heavy atom. The number of carbonyl (C=O) groups excluding carboxylic acids is 2. The van der Waals surface area contributed by atoms with Crippen LogP contribution in [-0.4, -0.2) is 60.9 Å². The Morgan fingerprint density at radius 2 is 1.70 bits per heavy atom. The average molecular weight is 279 g/mol. The van der Waals surface area contributed by atoms with Gasteiger partial charge in [0, 0.05) is 39.1 Å². The number of hydrogen-bond acceptors (Lipinski definition) is 3. The van der Waals surface area contributed by atoms with Crippen LogP contribution in [0.1, 0.15) is 38.5 Å². The zero-order chi connectivity index (χ0) is 14.3. The Hall–Kier alpha value is -1.10. The molecular weight excluding hydrogens is 254 g/mol. The molecule has 5 heteroatoms. The second-order valence-electron chi connectivity index (χ2n) is 6.77. The van der Waals surface area contributed by atoms with Crippen LogP contribution in [0.15, 0.2) is 0 Å². The van der Waals surface area contributed by atoms with E-state index in [1.54, 1.807) is 0 Å². The summed E-state index contributed by atoms with van der Waals surface area (Å²) in [5.74, 6) is 0.302. The standard InChI is InChI=1S/C15H25N3O2/c1-17(11-3-4-11)13(19)9-15(7-8-16-10-15)14(20)18(2)12-5-6-12/h11-12,16H,3-10H2,1-2H3. The molecule has 1 heterocycles. The summed E-state index contributed by atoms with van der Waals surface area (Å²) in [5.41, 5.74) is -0.502. The van der Waals surface area contributed by atoms with Gasteiger partial charge in [-0.05, 0) is 38.6 Å². The second-order valence-corrected chi connectivity index (χ2v) is 6.77. The summed E-state index contributed by atoms with van der Waals surface area (Å²) in [6.45, 7) is 1.48. The van der Waals surface area contributed by atoms with Crippen molar-refractivity contribution in [2.75, 3.05) is 27.2 Å². The number of rotatable bonds is 5. The van der Waals surface area contributed by atoms with Gasteiger partial charge in [-0.15, -0.1) is 0 Å². The maximum absolute atomic E-state index is 12.8. The van der Waals surface area contributed by atoms with Gasteiger partial charge >= 0.3 is 0 Å². The molecule has 2 aliphatic carbocycles. The smallest absolute Gasteiger partial charge is 0.230 e. The minimum Gasteiger partial charge on any atom is -0.343 e. The lowest BCUT2D eigenvalue weighted by Gasteiger charge is -2.32. The van der Waals surface area contributed by atoms with Gasteiger partial charge < -0.3 is 15.1 Å². The average Bonchev–Trinajstić information content (AvgIpc) is 3.34. The summed E-state index contributed by atoms with van der Waals surface area (Å²) < 4.78 is 0. The molecule has 0 bridgehead atoms. The molecule has 1 aliphatic heterocycles. The number of nitrogens with zero attached hydrogens (tertiary/aromatic N) is 2. The molecule has 2 amide bonds. The molecule has 1 saturated heterocycles.